The number of carbonyl (C=O) groups excluding carboxylic acids is 1. The number of nitrogens with one attached hydrogen (secondary N) is 1. The van der Waals surface area contributed by atoms with Crippen LogP contribution >= 0.6 is 0 Å². The molecule has 1 aromatic rings. The Hall–Kier alpha value is -1.75. The van der Waals surface area contributed by atoms with Gasteiger partial charge < -0.3 is 19.9 Å². The van der Waals surface area contributed by atoms with Gasteiger partial charge in [0.15, 0.2) is 18.1 Å². The van der Waals surface area contributed by atoms with E-state index in [9.17, 15) is 4.79 Å². The van der Waals surface area contributed by atoms with Crippen LogP contribution in [0.1, 0.15) is 20.8 Å². The predicted octanol–water partition coefficient (Wildman–Crippen LogP) is 1.35. The Morgan fingerprint density at radius 1 is 1.21 bits per heavy atom. The minimum absolute atomic E-state index is 0.0706. The molecule has 1 amide bonds. The Morgan fingerprint density at radius 3 is 2.32 bits per heavy atom. The summed E-state index contributed by atoms with van der Waals surface area (Å²) >= 11 is 0. The molecule has 19 heavy (non-hydrogen) atoms. The van der Waals surface area contributed by atoms with E-state index in [1.54, 1.807) is 24.3 Å². The third-order valence-corrected chi connectivity index (χ3v) is 2.07. The van der Waals surface area contributed by atoms with Crippen molar-refractivity contribution in [1.29, 1.82) is 0 Å². The number of aliphatic hydroxyl groups excluding tert-OH is 1. The first-order chi connectivity index (χ1) is 8.92. The fraction of sp³-hybridized carbons (Fsp3) is 0.500. The minimum Gasteiger partial charge on any atom is -0.487 e. The summed E-state index contributed by atoms with van der Waals surface area (Å²) in [7, 11) is 0. The van der Waals surface area contributed by atoms with E-state index in [4.69, 9.17) is 14.6 Å². The highest BCUT2D eigenvalue weighted by Gasteiger charge is 2.14. The van der Waals surface area contributed by atoms with Gasteiger partial charge in [0.25, 0.3) is 5.91 Å². The van der Waals surface area contributed by atoms with Gasteiger partial charge in [0.2, 0.25) is 0 Å². The molecule has 0 radical (unpaired) electrons. The third-order valence-electron chi connectivity index (χ3n) is 2.07. The molecule has 1 aromatic carbocycles. The van der Waals surface area contributed by atoms with Gasteiger partial charge in [-0.1, -0.05) is 12.1 Å². The first-order valence-corrected chi connectivity index (χ1v) is 6.19. The fourth-order valence-corrected chi connectivity index (χ4v) is 1.44. The Balaban J connectivity index is 2.55. The van der Waals surface area contributed by atoms with Crippen LogP contribution in [0.3, 0.4) is 0 Å². The molecule has 0 atom stereocenters. The summed E-state index contributed by atoms with van der Waals surface area (Å²) in [4.78, 5) is 11.6. The highest BCUT2D eigenvalue weighted by atomic mass is 16.5. The van der Waals surface area contributed by atoms with Crippen LogP contribution in [-0.2, 0) is 4.79 Å². The number of hydrogen-bond acceptors (Lipinski definition) is 4. The first kappa shape index (κ1) is 15.3. The predicted molar refractivity (Wildman–Crippen MR) is 72.4 cm³/mol. The molecule has 0 fully saturated rings. The average Bonchev–Trinajstić information content (AvgIpc) is 2.32. The molecule has 0 unspecified atom stereocenters. The molecule has 0 aliphatic carbocycles. The largest absolute Gasteiger partial charge is 0.487 e. The van der Waals surface area contributed by atoms with Crippen LogP contribution in [0.25, 0.3) is 0 Å². The second kappa shape index (κ2) is 6.99. The maximum Gasteiger partial charge on any atom is 0.258 e. The van der Waals surface area contributed by atoms with E-state index in [1.165, 1.54) is 0 Å². The van der Waals surface area contributed by atoms with E-state index in [-0.39, 0.29) is 31.3 Å². The fourth-order valence-electron chi connectivity index (χ4n) is 1.44. The molecule has 106 valence electrons. The molecule has 0 heterocycles. The van der Waals surface area contributed by atoms with Gasteiger partial charge in [0.1, 0.15) is 6.61 Å². The lowest BCUT2D eigenvalue weighted by Gasteiger charge is -2.20. The van der Waals surface area contributed by atoms with Gasteiger partial charge in [-0.2, -0.15) is 0 Å². The summed E-state index contributed by atoms with van der Waals surface area (Å²) in [6, 6.07) is 7.04. The maximum absolute atomic E-state index is 11.6. The van der Waals surface area contributed by atoms with Crippen molar-refractivity contribution < 1.29 is 19.4 Å². The van der Waals surface area contributed by atoms with Crippen LogP contribution < -0.4 is 14.8 Å². The molecule has 0 aromatic heterocycles. The lowest BCUT2D eigenvalue weighted by molar-refractivity contribution is -0.124. The maximum atomic E-state index is 11.6. The van der Waals surface area contributed by atoms with Crippen molar-refractivity contribution in [2.75, 3.05) is 19.8 Å². The zero-order chi connectivity index (χ0) is 14.3. The smallest absolute Gasteiger partial charge is 0.258 e. The summed E-state index contributed by atoms with van der Waals surface area (Å²) in [5.74, 6) is 0.810. The van der Waals surface area contributed by atoms with Crippen LogP contribution in [0, 0.1) is 0 Å². The number of rotatable bonds is 6. The van der Waals surface area contributed by atoms with Gasteiger partial charge in [0.05, 0.1) is 6.61 Å². The number of aliphatic hydroxyl groups is 1. The van der Waals surface area contributed by atoms with Crippen LogP contribution in [0.5, 0.6) is 11.5 Å². The Kier molecular flexibility index (Phi) is 5.63. The first-order valence-electron chi connectivity index (χ1n) is 6.19. The van der Waals surface area contributed by atoms with Gasteiger partial charge >= 0.3 is 0 Å². The number of carbonyl (C=O) groups is 1. The molecule has 0 aliphatic heterocycles. The Labute approximate surface area is 113 Å². The summed E-state index contributed by atoms with van der Waals surface area (Å²) in [5.41, 5.74) is -0.284. The van der Waals surface area contributed by atoms with Gasteiger partial charge in [-0.15, -0.1) is 0 Å². The van der Waals surface area contributed by atoms with Gasteiger partial charge in [-0.25, -0.2) is 0 Å². The zero-order valence-corrected chi connectivity index (χ0v) is 11.6. The number of benzene rings is 1. The summed E-state index contributed by atoms with van der Waals surface area (Å²) in [6.45, 7) is 5.76. The molecule has 5 nitrogen and oxygen atoms in total. The number of amides is 1. The second-order valence-corrected chi connectivity index (χ2v) is 5.11. The number of hydrogen-bond donors (Lipinski definition) is 2. The van der Waals surface area contributed by atoms with Crippen molar-refractivity contribution in [2.24, 2.45) is 0 Å². The van der Waals surface area contributed by atoms with E-state index < -0.39 is 0 Å². The monoisotopic (exact) mass is 267 g/mol. The van der Waals surface area contributed by atoms with E-state index in [2.05, 4.69) is 5.32 Å². The van der Waals surface area contributed by atoms with Gasteiger partial charge in [-0.05, 0) is 32.9 Å². The lowest BCUT2D eigenvalue weighted by Crippen LogP contribution is -2.43. The topological polar surface area (TPSA) is 67.8 Å². The Bertz CT molecular complexity index is 412. The highest BCUT2D eigenvalue weighted by Crippen LogP contribution is 2.26. The molecule has 0 bridgehead atoms. The van der Waals surface area contributed by atoms with Crippen molar-refractivity contribution in [3.63, 3.8) is 0 Å². The van der Waals surface area contributed by atoms with Crippen molar-refractivity contribution in [1.82, 2.24) is 5.32 Å². The molecule has 0 saturated carbocycles. The van der Waals surface area contributed by atoms with Crippen molar-refractivity contribution in [3.05, 3.63) is 24.3 Å². The van der Waals surface area contributed by atoms with Crippen LogP contribution in [0.4, 0.5) is 0 Å². The third kappa shape index (κ3) is 6.10. The normalized spacial score (nSPS) is 10.9. The summed E-state index contributed by atoms with van der Waals surface area (Å²) in [5, 5.41) is 11.5. The number of para-hydroxylation sites is 2. The average molecular weight is 267 g/mol. The Morgan fingerprint density at radius 2 is 1.79 bits per heavy atom. The van der Waals surface area contributed by atoms with Crippen molar-refractivity contribution >= 4 is 5.91 Å². The van der Waals surface area contributed by atoms with Gasteiger partial charge in [0, 0.05) is 5.54 Å². The SMILES string of the molecule is CC(C)(C)NC(=O)COc1ccccc1OCCO. The van der Waals surface area contributed by atoms with E-state index >= 15 is 0 Å². The summed E-state index contributed by atoms with van der Waals surface area (Å²) < 4.78 is 10.7. The van der Waals surface area contributed by atoms with E-state index in [0.29, 0.717) is 11.5 Å². The number of ether oxygens (including phenoxy) is 2. The highest BCUT2D eigenvalue weighted by molar-refractivity contribution is 5.78. The standard InChI is InChI=1S/C14H21NO4/c1-14(2,3)15-13(17)10-19-12-7-5-4-6-11(12)18-9-8-16/h4-7,16H,8-10H2,1-3H3,(H,15,17). The lowest BCUT2D eigenvalue weighted by atomic mass is 10.1. The molecule has 0 spiro atoms. The molecular weight excluding hydrogens is 246 g/mol. The molecular formula is C14H21NO4. The van der Waals surface area contributed by atoms with Crippen LogP contribution in [-0.4, -0.2) is 36.4 Å². The molecule has 0 saturated heterocycles. The van der Waals surface area contributed by atoms with Crippen molar-refractivity contribution in [2.45, 2.75) is 26.3 Å². The molecule has 1 rings (SSSR count). The molecule has 0 aliphatic rings. The quantitative estimate of drug-likeness (QED) is 0.816. The molecule has 2 N–H and O–H groups in total. The summed E-state index contributed by atoms with van der Waals surface area (Å²) in [6.07, 6.45) is 0. The van der Waals surface area contributed by atoms with Gasteiger partial charge in [-0.3, -0.25) is 4.79 Å². The van der Waals surface area contributed by atoms with Crippen LogP contribution in [0.15, 0.2) is 24.3 Å². The minimum atomic E-state index is -0.284. The van der Waals surface area contributed by atoms with E-state index in [0.717, 1.165) is 0 Å². The van der Waals surface area contributed by atoms with Crippen LogP contribution in [0.2, 0.25) is 0 Å². The zero-order valence-electron chi connectivity index (χ0n) is 11.6. The van der Waals surface area contributed by atoms with Crippen molar-refractivity contribution in [3.8, 4) is 11.5 Å². The second-order valence-electron chi connectivity index (χ2n) is 5.11. The van der Waals surface area contributed by atoms with E-state index in [1.807, 2.05) is 20.8 Å². The molecule has 5 heteroatoms.